The second kappa shape index (κ2) is 7.24. The monoisotopic (exact) mass is 279 g/mol. The van der Waals surface area contributed by atoms with E-state index in [4.69, 9.17) is 0 Å². The van der Waals surface area contributed by atoms with Crippen molar-refractivity contribution in [2.45, 2.75) is 25.7 Å². The molecular formula is C9H11Cl2Zr. The molecule has 0 saturated heterocycles. The van der Waals surface area contributed by atoms with Gasteiger partial charge < -0.3 is 24.8 Å². The van der Waals surface area contributed by atoms with E-state index in [-0.39, 0.29) is 51.0 Å². The van der Waals surface area contributed by atoms with E-state index in [9.17, 15) is 0 Å². The molecule has 0 aromatic heterocycles. The van der Waals surface area contributed by atoms with Gasteiger partial charge in [0.1, 0.15) is 0 Å². The Bertz CT molecular complexity index is 188. The van der Waals surface area contributed by atoms with Gasteiger partial charge in [0.05, 0.1) is 0 Å². The standard InChI is InChI=1S/C9H11.2ClH.Zr/c1-2-5-9-7-3-6-8(9)4-1;;;/h3,6-7H,1-2,4-5H2;2*1H;/q-1;;;+3/p-2. The Morgan fingerprint density at radius 1 is 1.08 bits per heavy atom. The van der Waals surface area contributed by atoms with Gasteiger partial charge in [-0.1, -0.05) is 25.7 Å². The Morgan fingerprint density at radius 2 is 1.75 bits per heavy atom. The quantitative estimate of drug-likeness (QED) is 0.429. The molecule has 0 spiro atoms. The number of rotatable bonds is 0. The summed E-state index contributed by atoms with van der Waals surface area (Å²) in [5, 5.41) is 0. The molecule has 1 aliphatic rings. The van der Waals surface area contributed by atoms with Gasteiger partial charge >= 0.3 is 26.2 Å². The van der Waals surface area contributed by atoms with Crippen LogP contribution in [0.3, 0.4) is 0 Å². The number of fused-ring (bicyclic) bond motifs is 1. The van der Waals surface area contributed by atoms with Crippen LogP contribution in [-0.4, -0.2) is 0 Å². The molecule has 12 heavy (non-hydrogen) atoms. The van der Waals surface area contributed by atoms with Crippen LogP contribution in [0.15, 0.2) is 18.2 Å². The first-order chi connectivity index (χ1) is 4.47. The fourth-order valence-corrected chi connectivity index (χ4v) is 1.61. The van der Waals surface area contributed by atoms with Gasteiger partial charge in [0, 0.05) is 0 Å². The minimum atomic E-state index is 0. The van der Waals surface area contributed by atoms with E-state index in [0.29, 0.717) is 0 Å². The average molecular weight is 281 g/mol. The van der Waals surface area contributed by atoms with Gasteiger partial charge in [0.2, 0.25) is 0 Å². The Hall–Kier alpha value is 0.813. The molecule has 0 amide bonds. The molecule has 1 aliphatic carbocycles. The number of aryl methyl sites for hydroxylation is 2. The van der Waals surface area contributed by atoms with Crippen molar-refractivity contribution in [3.8, 4) is 0 Å². The maximum absolute atomic E-state index is 2.26. The summed E-state index contributed by atoms with van der Waals surface area (Å²) in [6, 6.07) is 6.69. The summed E-state index contributed by atoms with van der Waals surface area (Å²) < 4.78 is 0. The Balaban J connectivity index is 0. The smallest absolute Gasteiger partial charge is 1.00 e. The molecule has 3 heteroatoms. The van der Waals surface area contributed by atoms with Crippen LogP contribution in [0.4, 0.5) is 0 Å². The van der Waals surface area contributed by atoms with E-state index in [0.717, 1.165) is 0 Å². The third-order valence-corrected chi connectivity index (χ3v) is 2.15. The first-order valence-electron chi connectivity index (χ1n) is 3.70. The topological polar surface area (TPSA) is 0 Å². The second-order valence-corrected chi connectivity index (χ2v) is 2.78. The van der Waals surface area contributed by atoms with Gasteiger partial charge in [-0.2, -0.15) is 23.3 Å². The summed E-state index contributed by atoms with van der Waals surface area (Å²) in [6.45, 7) is 0. The fraction of sp³-hybridized carbons (Fsp3) is 0.444. The third-order valence-electron chi connectivity index (χ3n) is 2.15. The predicted molar refractivity (Wildman–Crippen MR) is 38.7 cm³/mol. The van der Waals surface area contributed by atoms with E-state index in [1.807, 2.05) is 0 Å². The van der Waals surface area contributed by atoms with Gasteiger partial charge in [0.25, 0.3) is 0 Å². The van der Waals surface area contributed by atoms with Crippen molar-refractivity contribution in [3.05, 3.63) is 29.3 Å². The molecule has 0 saturated carbocycles. The van der Waals surface area contributed by atoms with Gasteiger partial charge in [-0.05, 0) is 0 Å². The fourth-order valence-electron chi connectivity index (χ4n) is 1.61. The van der Waals surface area contributed by atoms with Crippen molar-refractivity contribution in [2.75, 3.05) is 0 Å². The molecule has 0 heterocycles. The van der Waals surface area contributed by atoms with Crippen LogP contribution in [0.25, 0.3) is 0 Å². The molecule has 65 valence electrons. The van der Waals surface area contributed by atoms with Crippen LogP contribution in [0.1, 0.15) is 24.0 Å². The summed E-state index contributed by atoms with van der Waals surface area (Å²) in [5.41, 5.74) is 3.20. The Morgan fingerprint density at radius 3 is 2.42 bits per heavy atom. The van der Waals surface area contributed by atoms with Gasteiger partial charge in [-0.15, -0.1) is 0 Å². The molecule has 2 rings (SSSR count). The van der Waals surface area contributed by atoms with Crippen LogP contribution < -0.4 is 24.8 Å². The molecule has 1 aromatic rings. The molecule has 0 fully saturated rings. The average Bonchev–Trinajstić information content (AvgIpc) is 2.33. The van der Waals surface area contributed by atoms with Crippen LogP contribution in [0.5, 0.6) is 0 Å². The minimum Gasteiger partial charge on any atom is -1.00 e. The van der Waals surface area contributed by atoms with Crippen LogP contribution in [0.2, 0.25) is 0 Å². The summed E-state index contributed by atoms with van der Waals surface area (Å²) in [6.07, 6.45) is 5.44. The van der Waals surface area contributed by atoms with Crippen LogP contribution in [-0.2, 0) is 39.0 Å². The summed E-state index contributed by atoms with van der Waals surface area (Å²) in [4.78, 5) is 0. The Labute approximate surface area is 105 Å². The van der Waals surface area contributed by atoms with E-state index in [1.54, 1.807) is 11.1 Å². The molecule has 0 bridgehead atoms. The largest absolute Gasteiger partial charge is 3.00 e. The van der Waals surface area contributed by atoms with Gasteiger partial charge in [-0.3, -0.25) is 0 Å². The molecule has 0 unspecified atom stereocenters. The molecule has 0 nitrogen and oxygen atoms in total. The second-order valence-electron chi connectivity index (χ2n) is 2.78. The zero-order valence-electron chi connectivity index (χ0n) is 6.82. The maximum Gasteiger partial charge on any atom is 3.00 e. The van der Waals surface area contributed by atoms with Crippen LogP contribution in [0, 0.1) is 0 Å². The molecule has 0 N–H and O–H groups in total. The van der Waals surface area contributed by atoms with E-state index in [1.165, 1.54) is 25.7 Å². The molecular weight excluding hydrogens is 270 g/mol. The first kappa shape index (κ1) is 15.3. The zero-order chi connectivity index (χ0) is 6.10. The Kier molecular flexibility index (Phi) is 9.23. The summed E-state index contributed by atoms with van der Waals surface area (Å²) in [7, 11) is 0. The van der Waals surface area contributed by atoms with Crippen LogP contribution >= 0.6 is 0 Å². The maximum atomic E-state index is 2.26. The van der Waals surface area contributed by atoms with Crippen molar-refractivity contribution in [1.29, 1.82) is 0 Å². The van der Waals surface area contributed by atoms with Crippen molar-refractivity contribution < 1.29 is 51.0 Å². The third kappa shape index (κ3) is 3.28. The number of hydrogen-bond acceptors (Lipinski definition) is 0. The van der Waals surface area contributed by atoms with Crippen molar-refractivity contribution in [2.24, 2.45) is 0 Å². The normalized spacial score (nSPS) is 13.0. The molecule has 0 aliphatic heterocycles. The molecule has 1 aromatic carbocycles. The van der Waals surface area contributed by atoms with Crippen molar-refractivity contribution in [3.63, 3.8) is 0 Å². The van der Waals surface area contributed by atoms with E-state index >= 15 is 0 Å². The van der Waals surface area contributed by atoms with E-state index < -0.39 is 0 Å². The SMILES string of the molecule is [Cl-].[Cl-].[Zr+3].c1cc2c([cH-]1)CCCC2. The number of hydrogen-bond donors (Lipinski definition) is 0. The number of halogens is 2. The summed E-state index contributed by atoms with van der Waals surface area (Å²) in [5.74, 6) is 0. The molecule has 1 radical (unpaired) electrons. The van der Waals surface area contributed by atoms with Gasteiger partial charge in [0.15, 0.2) is 0 Å². The van der Waals surface area contributed by atoms with Gasteiger partial charge in [-0.25, -0.2) is 6.07 Å². The van der Waals surface area contributed by atoms with E-state index in [2.05, 4.69) is 18.2 Å². The summed E-state index contributed by atoms with van der Waals surface area (Å²) >= 11 is 0. The van der Waals surface area contributed by atoms with Crippen molar-refractivity contribution >= 4 is 0 Å². The van der Waals surface area contributed by atoms with Crippen molar-refractivity contribution in [1.82, 2.24) is 0 Å². The molecule has 0 atom stereocenters. The minimum absolute atomic E-state index is 0. The first-order valence-corrected chi connectivity index (χ1v) is 3.70. The predicted octanol–water partition coefficient (Wildman–Crippen LogP) is -3.71. The zero-order valence-corrected chi connectivity index (χ0v) is 10.8.